The number of hydrogen-bond acceptors (Lipinski definition) is 4. The molecule has 0 aromatic carbocycles. The first-order valence-corrected chi connectivity index (χ1v) is 4.71. The summed E-state index contributed by atoms with van der Waals surface area (Å²) in [6.45, 7) is 4.37. The Balaban J connectivity index is 0. The van der Waals surface area contributed by atoms with Gasteiger partial charge in [-0.15, -0.1) is 0 Å². The van der Waals surface area contributed by atoms with E-state index in [0.29, 0.717) is 0 Å². The van der Waals surface area contributed by atoms with Crippen molar-refractivity contribution in [1.29, 1.82) is 0 Å². The second-order valence-electron chi connectivity index (χ2n) is 2.20. The van der Waals surface area contributed by atoms with Crippen LogP contribution in [0.2, 0.25) is 0 Å². The topological polar surface area (TPSA) is 80.7 Å². The van der Waals surface area contributed by atoms with Crippen LogP contribution in [0.1, 0.15) is 6.92 Å². The minimum atomic E-state index is -4.05. The number of carbonyl (C=O) groups is 1. The van der Waals surface area contributed by atoms with Crippen LogP contribution in [0, 0.1) is 0 Å². The predicted octanol–water partition coefficient (Wildman–Crippen LogP) is -0.923. The number of carbonyl (C=O) groups excluding carboxylic acids is 1. The summed E-state index contributed by atoms with van der Waals surface area (Å²) < 4.78 is 32.9. The average Bonchev–Trinajstić information content (AvgIpc) is 1.84. The zero-order valence-corrected chi connectivity index (χ0v) is 7.43. The average molecular weight is 236 g/mol. The molecule has 0 aromatic rings. The molecule has 0 saturated carbocycles. The van der Waals surface area contributed by atoms with Crippen LogP contribution in [-0.4, -0.2) is 69.0 Å². The molecule has 1 N–H and O–H groups in total. The van der Waals surface area contributed by atoms with Crippen LogP contribution in [0.4, 0.5) is 0 Å². The molecule has 0 heterocycles. The van der Waals surface area contributed by atoms with Crippen molar-refractivity contribution in [3.8, 4) is 0 Å². The van der Waals surface area contributed by atoms with Crippen molar-refractivity contribution in [1.82, 2.24) is 0 Å². The maximum absolute atomic E-state index is 10.6. The fourth-order valence-corrected chi connectivity index (χ4v) is 0.657. The van der Waals surface area contributed by atoms with Gasteiger partial charge in [0.15, 0.2) is 0 Å². The SMILES string of the molecule is C=C(C)C(=O)OCCS(=O)(=O)O.[CaH2]. The number of rotatable bonds is 4. The fraction of sp³-hybridized carbons (Fsp3) is 0.500. The van der Waals surface area contributed by atoms with E-state index in [-0.39, 0.29) is 49.9 Å². The van der Waals surface area contributed by atoms with Gasteiger partial charge >= 0.3 is 43.7 Å². The monoisotopic (exact) mass is 236 g/mol. The Morgan fingerprint density at radius 3 is 2.31 bits per heavy atom. The molecule has 0 rings (SSSR count). The molecular formula is C6H12CaO5S. The summed E-state index contributed by atoms with van der Waals surface area (Å²) in [4.78, 5) is 10.6. The van der Waals surface area contributed by atoms with Crippen LogP contribution in [0.3, 0.4) is 0 Å². The van der Waals surface area contributed by atoms with Gasteiger partial charge in [-0.1, -0.05) is 6.58 Å². The summed E-state index contributed by atoms with van der Waals surface area (Å²) in [6.07, 6.45) is 0. The van der Waals surface area contributed by atoms with Gasteiger partial charge in [0.1, 0.15) is 12.4 Å². The van der Waals surface area contributed by atoms with Gasteiger partial charge in [0.05, 0.1) is 0 Å². The van der Waals surface area contributed by atoms with Crippen molar-refractivity contribution in [3.63, 3.8) is 0 Å². The van der Waals surface area contributed by atoms with Crippen LogP contribution < -0.4 is 0 Å². The summed E-state index contributed by atoms with van der Waals surface area (Å²) >= 11 is 0. The molecular weight excluding hydrogens is 224 g/mol. The second kappa shape index (κ2) is 6.78. The Kier molecular flexibility index (Phi) is 8.26. The summed E-state index contributed by atoms with van der Waals surface area (Å²) in [5.74, 6) is -1.26. The van der Waals surface area contributed by atoms with Crippen LogP contribution >= 0.6 is 0 Å². The van der Waals surface area contributed by atoms with Crippen LogP contribution in [0.15, 0.2) is 12.2 Å². The molecule has 7 heteroatoms. The van der Waals surface area contributed by atoms with Gasteiger partial charge in [0.2, 0.25) is 0 Å². The van der Waals surface area contributed by atoms with Gasteiger partial charge in [0, 0.05) is 5.57 Å². The molecule has 0 aromatic heterocycles. The van der Waals surface area contributed by atoms with E-state index in [2.05, 4.69) is 11.3 Å². The summed E-state index contributed by atoms with van der Waals surface area (Å²) in [5, 5.41) is 0. The van der Waals surface area contributed by atoms with E-state index in [1.807, 2.05) is 0 Å². The third-order valence-corrected chi connectivity index (χ3v) is 1.61. The van der Waals surface area contributed by atoms with E-state index in [9.17, 15) is 13.2 Å². The van der Waals surface area contributed by atoms with E-state index >= 15 is 0 Å². The fourth-order valence-electron chi connectivity index (χ4n) is 0.363. The third kappa shape index (κ3) is 10.3. The first-order valence-electron chi connectivity index (χ1n) is 3.11. The van der Waals surface area contributed by atoms with Crippen molar-refractivity contribution >= 4 is 53.8 Å². The first-order chi connectivity index (χ1) is 5.33. The van der Waals surface area contributed by atoms with Gasteiger partial charge in [-0.05, 0) is 6.92 Å². The Morgan fingerprint density at radius 1 is 1.54 bits per heavy atom. The molecule has 5 nitrogen and oxygen atoms in total. The minimum absolute atomic E-state index is 0. The van der Waals surface area contributed by atoms with Gasteiger partial charge in [-0.25, -0.2) is 4.79 Å². The summed E-state index contributed by atoms with van der Waals surface area (Å²) in [7, 11) is -4.05. The molecule has 0 atom stereocenters. The molecule has 0 aliphatic carbocycles. The molecule has 0 amide bonds. The van der Waals surface area contributed by atoms with Crippen molar-refractivity contribution < 1.29 is 22.5 Å². The summed E-state index contributed by atoms with van der Waals surface area (Å²) in [5.41, 5.74) is 0.185. The molecule has 0 spiro atoms. The molecule has 0 unspecified atom stereocenters. The van der Waals surface area contributed by atoms with E-state index in [1.165, 1.54) is 6.92 Å². The number of ether oxygens (including phenoxy) is 1. The zero-order valence-electron chi connectivity index (χ0n) is 6.61. The van der Waals surface area contributed by atoms with Crippen molar-refractivity contribution in [3.05, 3.63) is 12.2 Å². The molecule has 0 bridgehead atoms. The quantitative estimate of drug-likeness (QED) is 0.295. The summed E-state index contributed by atoms with van der Waals surface area (Å²) in [6, 6.07) is 0. The normalized spacial score (nSPS) is 10.0. The van der Waals surface area contributed by atoms with Gasteiger partial charge in [0.25, 0.3) is 10.1 Å². The molecule has 0 aliphatic rings. The standard InChI is InChI=1S/C6H10O5S.Ca.2H/c1-5(2)6(7)11-3-4-12(8,9)10;;;/h1,3-4H2,2H3,(H,8,9,10);;;. The van der Waals surface area contributed by atoms with E-state index in [0.717, 1.165) is 0 Å². The van der Waals surface area contributed by atoms with E-state index in [4.69, 9.17) is 4.55 Å². The zero-order chi connectivity index (χ0) is 9.78. The molecule has 0 radical (unpaired) electrons. The Morgan fingerprint density at radius 2 is 2.00 bits per heavy atom. The Hall–Kier alpha value is 0.380. The number of hydrogen-bond donors (Lipinski definition) is 1. The molecule has 74 valence electrons. The second-order valence-corrected chi connectivity index (χ2v) is 3.77. The molecule has 0 fully saturated rings. The molecule has 0 saturated heterocycles. The van der Waals surface area contributed by atoms with Crippen LogP contribution in [0.5, 0.6) is 0 Å². The van der Waals surface area contributed by atoms with E-state index in [1.54, 1.807) is 0 Å². The number of esters is 1. The molecule has 13 heavy (non-hydrogen) atoms. The van der Waals surface area contributed by atoms with Gasteiger partial charge in [-0.3, -0.25) is 4.55 Å². The van der Waals surface area contributed by atoms with Gasteiger partial charge in [-0.2, -0.15) is 8.42 Å². The predicted molar refractivity (Wildman–Crippen MR) is 50.7 cm³/mol. The third-order valence-electron chi connectivity index (χ3n) is 0.923. The maximum atomic E-state index is 10.6. The van der Waals surface area contributed by atoms with E-state index < -0.39 is 21.8 Å². The van der Waals surface area contributed by atoms with Crippen molar-refractivity contribution in [2.45, 2.75) is 6.92 Å². The van der Waals surface area contributed by atoms with Crippen LogP contribution in [0.25, 0.3) is 0 Å². The Labute approximate surface area is 107 Å². The Bertz CT molecular complexity index is 281. The van der Waals surface area contributed by atoms with Crippen LogP contribution in [-0.2, 0) is 19.6 Å². The van der Waals surface area contributed by atoms with Gasteiger partial charge < -0.3 is 4.74 Å². The van der Waals surface area contributed by atoms with Crippen molar-refractivity contribution in [2.75, 3.05) is 12.4 Å². The van der Waals surface area contributed by atoms with Crippen molar-refractivity contribution in [2.24, 2.45) is 0 Å². The first kappa shape index (κ1) is 15.8. The molecule has 0 aliphatic heterocycles.